The molecule has 2 N–H and O–H groups in total. The fourth-order valence-corrected chi connectivity index (χ4v) is 2.17. The van der Waals surface area contributed by atoms with Crippen LogP contribution in [0.15, 0.2) is 30.3 Å². The molecule has 0 aliphatic rings. The first-order chi connectivity index (χ1) is 9.92. The van der Waals surface area contributed by atoms with E-state index in [4.69, 9.17) is 4.74 Å². The van der Waals surface area contributed by atoms with E-state index in [-0.39, 0.29) is 29.8 Å². The molecule has 0 saturated heterocycles. The van der Waals surface area contributed by atoms with E-state index in [1.165, 1.54) is 0 Å². The smallest absolute Gasteiger partial charge is 0.234 e. The van der Waals surface area contributed by atoms with Crippen molar-refractivity contribution in [3.63, 3.8) is 0 Å². The molecule has 0 aromatic heterocycles. The minimum Gasteiger partial charge on any atom is -0.383 e. The molecular formula is C17H29ClN2O2. The maximum Gasteiger partial charge on any atom is 0.234 e. The molecule has 1 amide bonds. The third kappa shape index (κ3) is 9.03. The SMILES string of the molecule is COCCNCC(=O)NC(CC(C)(C)C)c1ccccc1.Cl. The van der Waals surface area contributed by atoms with Gasteiger partial charge in [-0.3, -0.25) is 4.79 Å². The normalized spacial score (nSPS) is 12.4. The Bertz CT molecular complexity index is 418. The zero-order chi connectivity index (χ0) is 15.7. The zero-order valence-electron chi connectivity index (χ0n) is 14.0. The molecule has 1 atom stereocenters. The van der Waals surface area contributed by atoms with Crippen molar-refractivity contribution in [2.75, 3.05) is 26.8 Å². The molecule has 0 fully saturated rings. The van der Waals surface area contributed by atoms with E-state index >= 15 is 0 Å². The summed E-state index contributed by atoms with van der Waals surface area (Å²) in [6, 6.07) is 10.2. The summed E-state index contributed by atoms with van der Waals surface area (Å²) in [4.78, 5) is 12.1. The lowest BCUT2D eigenvalue weighted by Crippen LogP contribution is -2.38. The number of ether oxygens (including phenoxy) is 1. The van der Waals surface area contributed by atoms with Crippen molar-refractivity contribution in [1.82, 2.24) is 10.6 Å². The molecule has 1 aromatic rings. The van der Waals surface area contributed by atoms with Crippen molar-refractivity contribution in [2.45, 2.75) is 33.2 Å². The average Bonchev–Trinajstić information content (AvgIpc) is 2.42. The van der Waals surface area contributed by atoms with Gasteiger partial charge in [-0.25, -0.2) is 0 Å². The molecule has 0 aliphatic carbocycles. The minimum absolute atomic E-state index is 0. The van der Waals surface area contributed by atoms with Crippen LogP contribution in [0.25, 0.3) is 0 Å². The summed E-state index contributed by atoms with van der Waals surface area (Å²) in [7, 11) is 1.65. The summed E-state index contributed by atoms with van der Waals surface area (Å²) < 4.78 is 4.95. The number of hydrogen-bond donors (Lipinski definition) is 2. The first-order valence-electron chi connectivity index (χ1n) is 7.46. The molecule has 0 heterocycles. The Hall–Kier alpha value is -1.10. The maximum atomic E-state index is 12.1. The third-order valence-electron chi connectivity index (χ3n) is 3.12. The van der Waals surface area contributed by atoms with Crippen LogP contribution in [0.3, 0.4) is 0 Å². The molecule has 0 spiro atoms. The Labute approximate surface area is 140 Å². The topological polar surface area (TPSA) is 50.4 Å². The number of hydrogen-bond acceptors (Lipinski definition) is 3. The molecule has 126 valence electrons. The predicted octanol–water partition coefficient (Wildman–Crippen LogP) is 2.94. The molecule has 0 aliphatic heterocycles. The van der Waals surface area contributed by atoms with Crippen molar-refractivity contribution in [2.24, 2.45) is 5.41 Å². The summed E-state index contributed by atoms with van der Waals surface area (Å²) in [5, 5.41) is 6.19. The fraction of sp³-hybridized carbons (Fsp3) is 0.588. The van der Waals surface area contributed by atoms with Crippen LogP contribution in [0.4, 0.5) is 0 Å². The van der Waals surface area contributed by atoms with Gasteiger partial charge in [-0.05, 0) is 17.4 Å². The highest BCUT2D eigenvalue weighted by molar-refractivity contribution is 5.85. The van der Waals surface area contributed by atoms with E-state index in [1.54, 1.807) is 7.11 Å². The molecule has 0 bridgehead atoms. The quantitative estimate of drug-likeness (QED) is 0.721. The van der Waals surface area contributed by atoms with Gasteiger partial charge in [-0.1, -0.05) is 51.1 Å². The van der Waals surface area contributed by atoms with E-state index in [9.17, 15) is 4.79 Å². The van der Waals surface area contributed by atoms with Crippen molar-refractivity contribution >= 4 is 18.3 Å². The number of rotatable bonds is 8. The van der Waals surface area contributed by atoms with Gasteiger partial charge in [0, 0.05) is 13.7 Å². The Morgan fingerprint density at radius 1 is 1.23 bits per heavy atom. The number of amides is 1. The molecule has 1 aromatic carbocycles. The Morgan fingerprint density at radius 3 is 2.41 bits per heavy atom. The summed E-state index contributed by atoms with van der Waals surface area (Å²) in [5.41, 5.74) is 1.30. The lowest BCUT2D eigenvalue weighted by molar-refractivity contribution is -0.121. The van der Waals surface area contributed by atoms with E-state index in [0.717, 1.165) is 12.0 Å². The summed E-state index contributed by atoms with van der Waals surface area (Å²) >= 11 is 0. The van der Waals surface area contributed by atoms with Crippen LogP contribution in [0.1, 0.15) is 38.8 Å². The summed E-state index contributed by atoms with van der Waals surface area (Å²) in [6.45, 7) is 8.16. The second-order valence-corrected chi connectivity index (χ2v) is 6.47. The van der Waals surface area contributed by atoms with Gasteiger partial charge in [0.1, 0.15) is 0 Å². The second-order valence-electron chi connectivity index (χ2n) is 6.47. The van der Waals surface area contributed by atoms with Gasteiger partial charge in [0.15, 0.2) is 0 Å². The first kappa shape index (κ1) is 20.9. The van der Waals surface area contributed by atoms with Crippen LogP contribution in [0, 0.1) is 5.41 Å². The van der Waals surface area contributed by atoms with E-state index < -0.39 is 0 Å². The van der Waals surface area contributed by atoms with Gasteiger partial charge in [0.05, 0.1) is 19.2 Å². The van der Waals surface area contributed by atoms with E-state index in [2.05, 4.69) is 43.5 Å². The van der Waals surface area contributed by atoms with Crippen LogP contribution < -0.4 is 10.6 Å². The highest BCUT2D eigenvalue weighted by Gasteiger charge is 2.21. The van der Waals surface area contributed by atoms with Crippen LogP contribution in [-0.2, 0) is 9.53 Å². The number of methoxy groups -OCH3 is 1. The fourth-order valence-electron chi connectivity index (χ4n) is 2.17. The first-order valence-corrected chi connectivity index (χ1v) is 7.46. The van der Waals surface area contributed by atoms with Crippen molar-refractivity contribution in [3.8, 4) is 0 Å². The van der Waals surface area contributed by atoms with Gasteiger partial charge in [-0.15, -0.1) is 12.4 Å². The van der Waals surface area contributed by atoms with Gasteiger partial charge in [0.25, 0.3) is 0 Å². The second kappa shape index (κ2) is 10.6. The number of carbonyl (C=O) groups excluding carboxylic acids is 1. The Balaban J connectivity index is 0.00000441. The number of benzene rings is 1. The third-order valence-corrected chi connectivity index (χ3v) is 3.12. The van der Waals surface area contributed by atoms with Crippen LogP contribution in [0.2, 0.25) is 0 Å². The van der Waals surface area contributed by atoms with Crippen molar-refractivity contribution in [3.05, 3.63) is 35.9 Å². The monoisotopic (exact) mass is 328 g/mol. The number of halogens is 1. The van der Waals surface area contributed by atoms with Crippen LogP contribution >= 0.6 is 12.4 Å². The summed E-state index contributed by atoms with van der Waals surface area (Å²) in [6.07, 6.45) is 0.904. The largest absolute Gasteiger partial charge is 0.383 e. The minimum atomic E-state index is 0. The molecular weight excluding hydrogens is 300 g/mol. The van der Waals surface area contributed by atoms with Crippen molar-refractivity contribution in [1.29, 1.82) is 0 Å². The average molecular weight is 329 g/mol. The number of carbonyl (C=O) groups is 1. The van der Waals surface area contributed by atoms with Gasteiger partial charge >= 0.3 is 0 Å². The Morgan fingerprint density at radius 2 is 1.86 bits per heavy atom. The lowest BCUT2D eigenvalue weighted by atomic mass is 9.85. The number of nitrogens with one attached hydrogen (secondary N) is 2. The van der Waals surface area contributed by atoms with E-state index in [1.807, 2.05) is 18.2 Å². The molecule has 1 unspecified atom stereocenters. The molecule has 5 heteroatoms. The van der Waals surface area contributed by atoms with E-state index in [0.29, 0.717) is 19.7 Å². The summed E-state index contributed by atoms with van der Waals surface area (Å²) in [5.74, 6) is 0.0178. The van der Waals surface area contributed by atoms with Crippen molar-refractivity contribution < 1.29 is 9.53 Å². The van der Waals surface area contributed by atoms with Gasteiger partial charge in [0.2, 0.25) is 5.91 Å². The maximum absolute atomic E-state index is 12.1. The van der Waals surface area contributed by atoms with Gasteiger partial charge in [-0.2, -0.15) is 0 Å². The highest BCUT2D eigenvalue weighted by Crippen LogP contribution is 2.29. The van der Waals surface area contributed by atoms with Gasteiger partial charge < -0.3 is 15.4 Å². The molecule has 0 saturated carbocycles. The predicted molar refractivity (Wildman–Crippen MR) is 93.4 cm³/mol. The molecule has 0 radical (unpaired) electrons. The molecule has 4 nitrogen and oxygen atoms in total. The lowest BCUT2D eigenvalue weighted by Gasteiger charge is -2.27. The standard InChI is InChI=1S/C17H28N2O2.ClH/c1-17(2,3)12-15(14-8-6-5-7-9-14)19-16(20)13-18-10-11-21-4;/h5-9,15,18H,10-13H2,1-4H3,(H,19,20);1H. The molecule has 1 rings (SSSR count). The van der Waals surface area contributed by atoms with Crippen LogP contribution in [-0.4, -0.2) is 32.7 Å². The van der Waals surface area contributed by atoms with Crippen LogP contribution in [0.5, 0.6) is 0 Å². The zero-order valence-corrected chi connectivity index (χ0v) is 14.8. The Kier molecular flexibility index (Phi) is 10.1. The molecule has 22 heavy (non-hydrogen) atoms. The highest BCUT2D eigenvalue weighted by atomic mass is 35.5.